The molecule has 0 bridgehead atoms. The van der Waals surface area contributed by atoms with Gasteiger partial charge in [-0.25, -0.2) is 0 Å². The molecular weight excluding hydrogens is 176 g/mol. The highest BCUT2D eigenvalue weighted by molar-refractivity contribution is 5.77. The summed E-state index contributed by atoms with van der Waals surface area (Å²) in [5.41, 5.74) is 0. The molecule has 80 valence electrons. The second-order valence-corrected chi connectivity index (χ2v) is 4.62. The summed E-state index contributed by atoms with van der Waals surface area (Å²) in [5.74, 6) is 0.895. The van der Waals surface area contributed by atoms with Crippen LogP contribution in [0.2, 0.25) is 0 Å². The summed E-state index contributed by atoms with van der Waals surface area (Å²) < 4.78 is 0. The van der Waals surface area contributed by atoms with Crippen LogP contribution in [-0.4, -0.2) is 24.5 Å². The molecule has 0 aromatic rings. The Kier molecular flexibility index (Phi) is 3.06. The lowest BCUT2D eigenvalue weighted by Gasteiger charge is -2.38. The molecule has 0 aromatic heterocycles. The number of rotatable bonds is 1. The molecule has 2 aliphatic heterocycles. The summed E-state index contributed by atoms with van der Waals surface area (Å²) in [6, 6.07) is 0.992. The van der Waals surface area contributed by atoms with E-state index in [1.165, 1.54) is 19.3 Å². The van der Waals surface area contributed by atoms with Crippen molar-refractivity contribution in [2.75, 3.05) is 6.54 Å². The fraction of sp³-hybridized carbons (Fsp3) is 0.909. The maximum absolute atomic E-state index is 11.3. The van der Waals surface area contributed by atoms with Crippen molar-refractivity contribution in [1.29, 1.82) is 0 Å². The highest BCUT2D eigenvalue weighted by Crippen LogP contribution is 2.25. The van der Waals surface area contributed by atoms with E-state index < -0.39 is 0 Å². The zero-order valence-corrected chi connectivity index (χ0v) is 8.88. The molecule has 0 radical (unpaired) electrons. The van der Waals surface area contributed by atoms with Gasteiger partial charge >= 0.3 is 0 Å². The number of carbonyl (C=O) groups is 1. The fourth-order valence-electron chi connectivity index (χ4n) is 2.77. The largest absolute Gasteiger partial charge is 0.353 e. The zero-order valence-electron chi connectivity index (χ0n) is 8.88. The molecular formula is C11H20N2O. The van der Waals surface area contributed by atoms with E-state index in [0.29, 0.717) is 18.0 Å². The van der Waals surface area contributed by atoms with E-state index in [1.807, 2.05) is 0 Å². The first kappa shape index (κ1) is 9.97. The first-order valence-electron chi connectivity index (χ1n) is 5.80. The van der Waals surface area contributed by atoms with Gasteiger partial charge < -0.3 is 10.6 Å². The molecule has 2 rings (SSSR count). The van der Waals surface area contributed by atoms with Crippen LogP contribution >= 0.6 is 0 Å². The second-order valence-electron chi connectivity index (χ2n) is 4.62. The Labute approximate surface area is 85.6 Å². The Morgan fingerprint density at radius 2 is 2.14 bits per heavy atom. The zero-order chi connectivity index (χ0) is 9.97. The van der Waals surface area contributed by atoms with E-state index in [0.717, 1.165) is 19.4 Å². The molecule has 1 amide bonds. The molecule has 2 saturated heterocycles. The molecule has 2 fully saturated rings. The summed E-state index contributed by atoms with van der Waals surface area (Å²) in [6.45, 7) is 3.38. The van der Waals surface area contributed by atoms with E-state index in [9.17, 15) is 4.79 Å². The lowest BCUT2D eigenvalue weighted by molar-refractivity contribution is -0.124. The third kappa shape index (κ3) is 2.08. The number of nitrogens with one attached hydrogen (secondary N) is 2. The Hall–Kier alpha value is -0.570. The van der Waals surface area contributed by atoms with E-state index in [-0.39, 0.29) is 5.91 Å². The van der Waals surface area contributed by atoms with Gasteiger partial charge in [0.15, 0.2) is 0 Å². The molecule has 2 aliphatic rings. The third-order valence-electron chi connectivity index (χ3n) is 3.60. The number of piperidine rings is 2. The average molecular weight is 196 g/mol. The maximum atomic E-state index is 11.3. The first-order valence-corrected chi connectivity index (χ1v) is 5.80. The topological polar surface area (TPSA) is 41.1 Å². The van der Waals surface area contributed by atoms with Gasteiger partial charge in [-0.3, -0.25) is 4.79 Å². The third-order valence-corrected chi connectivity index (χ3v) is 3.60. The molecule has 2 heterocycles. The standard InChI is InChI=1S/C11H20N2O/c1-8-9(4-3-7-12-8)10-5-2-6-11(14)13-10/h8-10,12H,2-7H2,1H3,(H,13,14)/t8-,9-,10+/m0/s1. The van der Waals surface area contributed by atoms with Crippen LogP contribution in [0.3, 0.4) is 0 Å². The quantitative estimate of drug-likeness (QED) is 0.658. The second kappa shape index (κ2) is 4.30. The Morgan fingerprint density at radius 3 is 2.86 bits per heavy atom. The summed E-state index contributed by atoms with van der Waals surface area (Å²) in [7, 11) is 0. The molecule has 3 nitrogen and oxygen atoms in total. The Balaban J connectivity index is 1.94. The molecule has 14 heavy (non-hydrogen) atoms. The molecule has 0 saturated carbocycles. The predicted molar refractivity (Wildman–Crippen MR) is 56.0 cm³/mol. The highest BCUT2D eigenvalue weighted by atomic mass is 16.1. The molecule has 0 aromatic carbocycles. The van der Waals surface area contributed by atoms with E-state index in [1.54, 1.807) is 0 Å². The molecule has 3 atom stereocenters. The van der Waals surface area contributed by atoms with Gasteiger partial charge in [0.1, 0.15) is 0 Å². The van der Waals surface area contributed by atoms with Gasteiger partial charge in [0, 0.05) is 18.5 Å². The van der Waals surface area contributed by atoms with Crippen LogP contribution in [-0.2, 0) is 4.79 Å². The van der Waals surface area contributed by atoms with Crippen molar-refractivity contribution in [3.8, 4) is 0 Å². The minimum absolute atomic E-state index is 0.249. The monoisotopic (exact) mass is 196 g/mol. The lowest BCUT2D eigenvalue weighted by Crippen LogP contribution is -2.52. The maximum Gasteiger partial charge on any atom is 0.220 e. The van der Waals surface area contributed by atoms with Crippen LogP contribution in [0.1, 0.15) is 39.0 Å². The fourth-order valence-corrected chi connectivity index (χ4v) is 2.77. The molecule has 0 spiro atoms. The van der Waals surface area contributed by atoms with Crippen molar-refractivity contribution in [1.82, 2.24) is 10.6 Å². The van der Waals surface area contributed by atoms with Crippen LogP contribution in [0.5, 0.6) is 0 Å². The van der Waals surface area contributed by atoms with E-state index >= 15 is 0 Å². The van der Waals surface area contributed by atoms with Crippen LogP contribution < -0.4 is 10.6 Å². The number of hydrogen-bond donors (Lipinski definition) is 2. The Morgan fingerprint density at radius 1 is 1.29 bits per heavy atom. The first-order chi connectivity index (χ1) is 6.77. The van der Waals surface area contributed by atoms with Gasteiger partial charge in [0.05, 0.1) is 0 Å². The predicted octanol–water partition coefficient (Wildman–Crippen LogP) is 1.04. The summed E-state index contributed by atoms with van der Waals surface area (Å²) in [4.78, 5) is 11.3. The minimum atomic E-state index is 0.249. The number of carbonyl (C=O) groups excluding carboxylic acids is 1. The van der Waals surface area contributed by atoms with Crippen molar-refractivity contribution >= 4 is 5.91 Å². The minimum Gasteiger partial charge on any atom is -0.353 e. The number of amides is 1. The molecule has 0 aliphatic carbocycles. The lowest BCUT2D eigenvalue weighted by atomic mass is 9.82. The average Bonchev–Trinajstić information content (AvgIpc) is 2.18. The van der Waals surface area contributed by atoms with Crippen LogP contribution in [0.15, 0.2) is 0 Å². The van der Waals surface area contributed by atoms with Crippen LogP contribution in [0, 0.1) is 5.92 Å². The van der Waals surface area contributed by atoms with Crippen LogP contribution in [0.4, 0.5) is 0 Å². The van der Waals surface area contributed by atoms with Gasteiger partial charge in [0.2, 0.25) is 5.91 Å². The van der Waals surface area contributed by atoms with Crippen molar-refractivity contribution in [2.45, 2.75) is 51.1 Å². The molecule has 0 unspecified atom stereocenters. The van der Waals surface area contributed by atoms with Gasteiger partial charge in [-0.05, 0) is 45.1 Å². The van der Waals surface area contributed by atoms with Crippen molar-refractivity contribution in [2.24, 2.45) is 5.92 Å². The molecule has 2 N–H and O–H groups in total. The smallest absolute Gasteiger partial charge is 0.220 e. The normalized spacial score (nSPS) is 39.2. The van der Waals surface area contributed by atoms with E-state index in [4.69, 9.17) is 0 Å². The van der Waals surface area contributed by atoms with Crippen molar-refractivity contribution in [3.05, 3.63) is 0 Å². The van der Waals surface area contributed by atoms with Gasteiger partial charge in [-0.2, -0.15) is 0 Å². The van der Waals surface area contributed by atoms with Gasteiger partial charge in [-0.1, -0.05) is 0 Å². The van der Waals surface area contributed by atoms with Crippen molar-refractivity contribution in [3.63, 3.8) is 0 Å². The summed E-state index contributed by atoms with van der Waals surface area (Å²) >= 11 is 0. The van der Waals surface area contributed by atoms with Gasteiger partial charge in [0.25, 0.3) is 0 Å². The molecule has 3 heteroatoms. The van der Waals surface area contributed by atoms with Crippen LogP contribution in [0.25, 0.3) is 0 Å². The summed E-state index contributed by atoms with van der Waals surface area (Å²) in [6.07, 6.45) is 5.48. The van der Waals surface area contributed by atoms with Crippen molar-refractivity contribution < 1.29 is 4.79 Å². The summed E-state index contributed by atoms with van der Waals surface area (Å²) in [5, 5.41) is 6.63. The SMILES string of the molecule is C[C@@H]1NCCC[C@@H]1[C@H]1CCCC(=O)N1. The highest BCUT2D eigenvalue weighted by Gasteiger charge is 2.31. The Bertz CT molecular complexity index is 217. The van der Waals surface area contributed by atoms with E-state index in [2.05, 4.69) is 17.6 Å². The van der Waals surface area contributed by atoms with Gasteiger partial charge in [-0.15, -0.1) is 0 Å². The number of hydrogen-bond acceptors (Lipinski definition) is 2.